The monoisotopic (exact) mass is 580 g/mol. The Kier molecular flexibility index (Phi) is 4.81. The van der Waals surface area contributed by atoms with Crippen LogP contribution < -0.4 is 5.32 Å². The van der Waals surface area contributed by atoms with E-state index in [4.69, 9.17) is 4.42 Å². The van der Waals surface area contributed by atoms with E-state index in [1.54, 1.807) is 0 Å². The summed E-state index contributed by atoms with van der Waals surface area (Å²) in [5.41, 5.74) is 11.8. The molecule has 3 heterocycles. The molecule has 0 amide bonds. The maximum absolute atomic E-state index is 6.55. The van der Waals surface area contributed by atoms with Crippen molar-refractivity contribution in [2.75, 3.05) is 0 Å². The Morgan fingerprint density at radius 1 is 0.622 bits per heavy atom. The van der Waals surface area contributed by atoms with Crippen LogP contribution in [0.2, 0.25) is 0 Å². The van der Waals surface area contributed by atoms with Crippen molar-refractivity contribution < 1.29 is 9.10 Å². The van der Waals surface area contributed by atoms with E-state index in [-0.39, 0.29) is 11.6 Å². The Labute approximate surface area is 260 Å². The van der Waals surface area contributed by atoms with Crippen molar-refractivity contribution >= 4 is 49.6 Å². The Hall–Kier alpha value is -5.61. The second-order valence-corrected chi connectivity index (χ2v) is 12.8. The number of nitrogens with one attached hydrogen (secondary N) is 1. The largest absolute Gasteiger partial charge is 0.455 e. The summed E-state index contributed by atoms with van der Waals surface area (Å²) in [7, 11) is 0. The van der Waals surface area contributed by atoms with Crippen LogP contribution in [0.4, 0.5) is 0 Å². The topological polar surface area (TPSA) is 33.1 Å². The number of hydrogen-bond acceptors (Lipinski definition) is 2. The molecule has 1 unspecified atom stereocenters. The van der Waals surface area contributed by atoms with Gasteiger partial charge in [0.2, 0.25) is 0 Å². The van der Waals surface area contributed by atoms with Gasteiger partial charge in [-0.3, -0.25) is 0 Å². The van der Waals surface area contributed by atoms with Gasteiger partial charge in [0.1, 0.15) is 11.1 Å². The lowest BCUT2D eigenvalue weighted by molar-refractivity contribution is -0.652. The molecule has 10 rings (SSSR count). The van der Waals surface area contributed by atoms with Gasteiger partial charge in [-0.15, -0.1) is 4.68 Å². The van der Waals surface area contributed by atoms with Crippen LogP contribution in [0.15, 0.2) is 138 Å². The number of aromatic nitrogens is 1. The molecule has 0 radical (unpaired) electrons. The zero-order valence-corrected chi connectivity index (χ0v) is 25.1. The van der Waals surface area contributed by atoms with Crippen LogP contribution in [-0.2, 0) is 5.41 Å². The number of hydrogen-bond donors (Lipinski definition) is 1. The van der Waals surface area contributed by atoms with Crippen molar-refractivity contribution in [3.05, 3.63) is 156 Å². The highest BCUT2D eigenvalue weighted by molar-refractivity contribution is 6.18. The molecule has 214 valence electrons. The number of para-hydroxylation sites is 3. The molecule has 8 aromatic rings. The van der Waals surface area contributed by atoms with Crippen molar-refractivity contribution in [1.29, 1.82) is 0 Å². The second kappa shape index (κ2) is 8.73. The zero-order chi connectivity index (χ0) is 29.9. The highest BCUT2D eigenvalue weighted by atomic mass is 16.3. The summed E-state index contributed by atoms with van der Waals surface area (Å²) < 4.78 is 11.4. The van der Waals surface area contributed by atoms with Crippen LogP contribution in [-0.4, -0.2) is 15.2 Å². The van der Waals surface area contributed by atoms with Crippen LogP contribution in [0.5, 0.6) is 0 Å². The average Bonchev–Trinajstić information content (AvgIpc) is 3.68. The molecule has 0 fully saturated rings. The minimum atomic E-state index is -0.0670. The van der Waals surface area contributed by atoms with Crippen LogP contribution in [0.3, 0.4) is 0 Å². The minimum absolute atomic E-state index is 0.0585. The van der Waals surface area contributed by atoms with Gasteiger partial charge < -0.3 is 4.42 Å². The van der Waals surface area contributed by atoms with Gasteiger partial charge in [-0.2, -0.15) is 4.68 Å². The predicted molar refractivity (Wildman–Crippen MR) is 183 cm³/mol. The number of amidine groups is 1. The third kappa shape index (κ3) is 3.18. The van der Waals surface area contributed by atoms with Gasteiger partial charge in [0.15, 0.2) is 5.58 Å². The Bertz CT molecular complexity index is 2550. The fraction of sp³-hybridized carbons (Fsp3) is 0.0976. The standard InChI is InChI=1S/C41H29N3O/c1-41(2)31-20-9-6-16-28(31)36-32(41)23-24-34-37(36)29-17-7-10-21-33(29)43(34)44-39(25-13-4-3-5-14-25)42-40(44)30-19-12-18-27-26-15-8-11-22-35(26)45-38(27)30/h3-24,39H,1-2H3/p+1. The first-order valence-electron chi connectivity index (χ1n) is 15.7. The molecule has 0 bridgehead atoms. The van der Waals surface area contributed by atoms with Gasteiger partial charge >= 0.3 is 5.84 Å². The Morgan fingerprint density at radius 2 is 1.33 bits per heavy atom. The molecular formula is C41H30N3O+. The van der Waals surface area contributed by atoms with E-state index in [0.29, 0.717) is 0 Å². The summed E-state index contributed by atoms with van der Waals surface area (Å²) >= 11 is 0. The fourth-order valence-electron chi connectivity index (χ4n) is 7.99. The van der Waals surface area contributed by atoms with Gasteiger partial charge in [-0.1, -0.05) is 123 Å². The van der Waals surface area contributed by atoms with E-state index >= 15 is 0 Å². The lowest BCUT2D eigenvalue weighted by Gasteiger charge is -2.30. The third-order valence-corrected chi connectivity index (χ3v) is 10.1. The molecule has 1 aliphatic carbocycles. The summed E-state index contributed by atoms with van der Waals surface area (Å²) in [6, 6.07) is 48.0. The van der Waals surface area contributed by atoms with E-state index in [0.717, 1.165) is 33.3 Å². The maximum Gasteiger partial charge on any atom is 0.312 e. The second-order valence-electron chi connectivity index (χ2n) is 12.8. The normalized spacial score (nSPS) is 16.7. The van der Waals surface area contributed by atoms with Crippen LogP contribution in [0.25, 0.3) is 54.9 Å². The molecule has 1 atom stereocenters. The van der Waals surface area contributed by atoms with Crippen LogP contribution in [0, 0.1) is 0 Å². The van der Waals surface area contributed by atoms with Gasteiger partial charge in [0, 0.05) is 32.5 Å². The van der Waals surface area contributed by atoms with E-state index in [1.165, 1.54) is 49.6 Å². The average molecular weight is 581 g/mol. The molecule has 4 nitrogen and oxygen atoms in total. The molecule has 45 heavy (non-hydrogen) atoms. The lowest BCUT2D eigenvalue weighted by atomic mass is 9.82. The molecule has 4 heteroatoms. The highest BCUT2D eigenvalue weighted by Crippen LogP contribution is 2.53. The van der Waals surface area contributed by atoms with Gasteiger partial charge in [-0.25, -0.2) is 5.32 Å². The Morgan fingerprint density at radius 3 is 2.22 bits per heavy atom. The van der Waals surface area contributed by atoms with E-state index in [1.807, 2.05) is 6.07 Å². The Balaban J connectivity index is 1.33. The first kappa shape index (κ1) is 24.8. The van der Waals surface area contributed by atoms with E-state index < -0.39 is 0 Å². The molecule has 0 saturated heterocycles. The summed E-state index contributed by atoms with van der Waals surface area (Å²) in [6.07, 6.45) is -0.0585. The number of benzene rings is 6. The first-order chi connectivity index (χ1) is 22.1. The first-order valence-corrected chi connectivity index (χ1v) is 15.7. The molecule has 6 aromatic carbocycles. The number of rotatable bonds is 3. The molecule has 1 aliphatic heterocycles. The maximum atomic E-state index is 6.55. The van der Waals surface area contributed by atoms with E-state index in [9.17, 15) is 0 Å². The van der Waals surface area contributed by atoms with Crippen molar-refractivity contribution in [1.82, 2.24) is 9.99 Å². The zero-order valence-electron chi connectivity index (χ0n) is 25.1. The van der Waals surface area contributed by atoms with Gasteiger partial charge in [-0.05, 0) is 46.5 Å². The van der Waals surface area contributed by atoms with Gasteiger partial charge in [0.25, 0.3) is 6.17 Å². The molecule has 1 N–H and O–H groups in total. The summed E-state index contributed by atoms with van der Waals surface area (Å²) in [5, 5.41) is 8.68. The van der Waals surface area contributed by atoms with Gasteiger partial charge in [0.05, 0.1) is 11.0 Å². The minimum Gasteiger partial charge on any atom is -0.455 e. The van der Waals surface area contributed by atoms with Crippen LogP contribution >= 0.6 is 0 Å². The molecule has 2 aromatic heterocycles. The predicted octanol–water partition coefficient (Wildman–Crippen LogP) is 9.52. The number of nitrogens with zero attached hydrogens (tertiary/aromatic N) is 2. The van der Waals surface area contributed by atoms with Crippen LogP contribution in [0.1, 0.15) is 42.3 Å². The fourth-order valence-corrected chi connectivity index (χ4v) is 7.99. The summed E-state index contributed by atoms with van der Waals surface area (Å²) in [5.74, 6) is 1.03. The number of furan rings is 1. The molecule has 2 aliphatic rings. The lowest BCUT2D eigenvalue weighted by Crippen LogP contribution is -2.55. The SMILES string of the molecule is CC1(C)c2ccccc2-c2c1ccc1c2c2ccccc2n1[N+]1=C(c2cccc3c2oc2ccccc23)NC1c1ccccc1. The molecular weight excluding hydrogens is 550 g/mol. The van der Waals surface area contributed by atoms with Crippen molar-refractivity contribution in [2.45, 2.75) is 25.4 Å². The highest BCUT2D eigenvalue weighted by Gasteiger charge is 2.45. The summed E-state index contributed by atoms with van der Waals surface area (Å²) in [6.45, 7) is 4.71. The number of fused-ring (bicyclic) bond motifs is 10. The third-order valence-electron chi connectivity index (χ3n) is 10.1. The molecule has 0 saturated carbocycles. The summed E-state index contributed by atoms with van der Waals surface area (Å²) in [4.78, 5) is 0. The quantitative estimate of drug-likeness (QED) is 0.211. The van der Waals surface area contributed by atoms with Crippen molar-refractivity contribution in [2.24, 2.45) is 0 Å². The smallest absolute Gasteiger partial charge is 0.312 e. The van der Waals surface area contributed by atoms with Crippen molar-refractivity contribution in [3.8, 4) is 11.1 Å². The molecule has 0 spiro atoms. The van der Waals surface area contributed by atoms with Crippen molar-refractivity contribution in [3.63, 3.8) is 0 Å². The van der Waals surface area contributed by atoms with E-state index in [2.05, 4.69) is 156 Å².